The van der Waals surface area contributed by atoms with Gasteiger partial charge in [0.05, 0.1) is 17.3 Å². The number of imide groups is 1. The van der Waals surface area contributed by atoms with Gasteiger partial charge in [-0.2, -0.15) is 0 Å². The van der Waals surface area contributed by atoms with Crippen LogP contribution in [0.5, 0.6) is 5.75 Å². The first kappa shape index (κ1) is 17.1. The number of rotatable bonds is 3. The highest BCUT2D eigenvalue weighted by molar-refractivity contribution is 6.09. The monoisotopic (exact) mass is 365 g/mol. The van der Waals surface area contributed by atoms with Crippen LogP contribution in [0, 0.1) is 0 Å². The second kappa shape index (κ2) is 7.11. The number of nitrogens with one attached hydrogen (secondary N) is 2. The Kier molecular flexibility index (Phi) is 4.50. The Hall–Kier alpha value is -3.35. The molecule has 2 aromatic carbocycles. The topological polar surface area (TPSA) is 87.7 Å². The highest BCUT2D eigenvalue weighted by Gasteiger charge is 2.28. The molecule has 1 fully saturated rings. The molecule has 138 valence electrons. The zero-order valence-electron chi connectivity index (χ0n) is 14.6. The molecule has 0 aromatic heterocycles. The van der Waals surface area contributed by atoms with Gasteiger partial charge in [-0.15, -0.1) is 0 Å². The second-order valence-corrected chi connectivity index (χ2v) is 6.57. The quantitative estimate of drug-likeness (QED) is 0.869. The van der Waals surface area contributed by atoms with Crippen LogP contribution in [0.1, 0.15) is 22.3 Å². The van der Waals surface area contributed by atoms with Crippen LogP contribution in [0.25, 0.3) is 0 Å². The Labute approximate surface area is 156 Å². The van der Waals surface area contributed by atoms with Crippen LogP contribution in [0.4, 0.5) is 10.5 Å². The van der Waals surface area contributed by atoms with E-state index in [2.05, 4.69) is 10.6 Å². The van der Waals surface area contributed by atoms with E-state index < -0.39 is 6.03 Å². The van der Waals surface area contributed by atoms with Crippen molar-refractivity contribution in [2.75, 3.05) is 18.1 Å². The molecule has 27 heavy (non-hydrogen) atoms. The third-order valence-corrected chi connectivity index (χ3v) is 4.71. The highest BCUT2D eigenvalue weighted by Crippen LogP contribution is 2.25. The summed E-state index contributed by atoms with van der Waals surface area (Å²) in [4.78, 5) is 37.8. The molecule has 0 aliphatic carbocycles. The van der Waals surface area contributed by atoms with Crippen LogP contribution < -0.4 is 20.3 Å². The summed E-state index contributed by atoms with van der Waals surface area (Å²) in [5.74, 6) is 0.262. The van der Waals surface area contributed by atoms with E-state index >= 15 is 0 Å². The van der Waals surface area contributed by atoms with E-state index in [1.165, 1.54) is 4.90 Å². The molecule has 2 aliphatic rings. The van der Waals surface area contributed by atoms with Crippen molar-refractivity contribution in [3.8, 4) is 5.75 Å². The van der Waals surface area contributed by atoms with Gasteiger partial charge >= 0.3 is 6.03 Å². The predicted octanol–water partition coefficient (Wildman–Crippen LogP) is 1.87. The lowest BCUT2D eigenvalue weighted by atomic mass is 10.0. The van der Waals surface area contributed by atoms with E-state index in [4.69, 9.17) is 4.74 Å². The summed E-state index contributed by atoms with van der Waals surface area (Å²) in [5.41, 5.74) is 1.93. The molecule has 7 nitrogen and oxygen atoms in total. The van der Waals surface area contributed by atoms with E-state index in [-0.39, 0.29) is 30.8 Å². The van der Waals surface area contributed by atoms with Crippen molar-refractivity contribution >= 4 is 23.5 Å². The van der Waals surface area contributed by atoms with Crippen molar-refractivity contribution in [3.63, 3.8) is 0 Å². The van der Waals surface area contributed by atoms with Gasteiger partial charge in [0.1, 0.15) is 12.4 Å². The molecule has 4 amide bonds. The summed E-state index contributed by atoms with van der Waals surface area (Å²) in [5, 5.41) is 5.27. The fraction of sp³-hybridized carbons (Fsp3) is 0.250. The number of hydrogen-bond donors (Lipinski definition) is 2. The minimum absolute atomic E-state index is 0.155. The van der Waals surface area contributed by atoms with Crippen molar-refractivity contribution in [2.45, 2.75) is 18.9 Å². The SMILES string of the molecule is O=C1CCN(c2ccccc2C(=O)N[C@@H]2COc3ccccc3C2)C(=O)N1. The van der Waals surface area contributed by atoms with Gasteiger partial charge < -0.3 is 10.1 Å². The second-order valence-electron chi connectivity index (χ2n) is 6.57. The standard InChI is InChI=1S/C20H19N3O4/c24-18-9-10-23(20(26)22-18)16-7-3-2-6-15(16)19(25)21-14-11-13-5-1-4-8-17(13)27-12-14/h1-8,14H,9-12H2,(H,21,25)(H,22,24,26)/t14-/m0/s1. The predicted molar refractivity (Wildman–Crippen MR) is 98.8 cm³/mol. The van der Waals surface area contributed by atoms with E-state index in [9.17, 15) is 14.4 Å². The third-order valence-electron chi connectivity index (χ3n) is 4.71. The number of para-hydroxylation sites is 2. The number of ether oxygens (including phenoxy) is 1. The Morgan fingerprint density at radius 1 is 1.11 bits per heavy atom. The number of anilines is 1. The van der Waals surface area contributed by atoms with Gasteiger partial charge in [0.2, 0.25) is 5.91 Å². The summed E-state index contributed by atoms with van der Waals surface area (Å²) in [6, 6.07) is 14.0. The molecule has 0 spiro atoms. The van der Waals surface area contributed by atoms with E-state index in [0.29, 0.717) is 24.3 Å². The fourth-order valence-electron chi connectivity index (χ4n) is 3.38. The fourth-order valence-corrected chi connectivity index (χ4v) is 3.38. The zero-order chi connectivity index (χ0) is 18.8. The lowest BCUT2D eigenvalue weighted by Crippen LogP contribution is -2.50. The maximum Gasteiger partial charge on any atom is 0.328 e. The van der Waals surface area contributed by atoms with Crippen LogP contribution in [-0.4, -0.2) is 37.0 Å². The molecule has 0 unspecified atom stereocenters. The molecule has 2 N–H and O–H groups in total. The molecule has 1 atom stereocenters. The Balaban J connectivity index is 1.52. The van der Waals surface area contributed by atoms with Crippen LogP contribution >= 0.6 is 0 Å². The summed E-state index contributed by atoms with van der Waals surface area (Å²) in [7, 11) is 0. The first-order chi connectivity index (χ1) is 13.1. The lowest BCUT2D eigenvalue weighted by Gasteiger charge is -2.29. The summed E-state index contributed by atoms with van der Waals surface area (Å²) < 4.78 is 5.72. The van der Waals surface area contributed by atoms with Gasteiger partial charge in [-0.05, 0) is 30.2 Å². The number of nitrogens with zero attached hydrogens (tertiary/aromatic N) is 1. The molecular formula is C20H19N3O4. The molecule has 2 aliphatic heterocycles. The number of carbonyl (C=O) groups excluding carboxylic acids is 3. The minimum Gasteiger partial charge on any atom is -0.491 e. The first-order valence-electron chi connectivity index (χ1n) is 8.84. The number of benzene rings is 2. The molecular weight excluding hydrogens is 346 g/mol. The van der Waals surface area contributed by atoms with Gasteiger partial charge in [0.15, 0.2) is 0 Å². The van der Waals surface area contributed by atoms with Gasteiger partial charge in [-0.3, -0.25) is 19.8 Å². The van der Waals surface area contributed by atoms with Gasteiger partial charge in [-0.25, -0.2) is 4.79 Å². The highest BCUT2D eigenvalue weighted by atomic mass is 16.5. The van der Waals surface area contributed by atoms with Crippen molar-refractivity contribution < 1.29 is 19.1 Å². The Morgan fingerprint density at radius 3 is 2.74 bits per heavy atom. The largest absolute Gasteiger partial charge is 0.491 e. The van der Waals surface area contributed by atoms with Crippen LogP contribution in [0.2, 0.25) is 0 Å². The van der Waals surface area contributed by atoms with E-state index in [1.54, 1.807) is 24.3 Å². The number of carbonyl (C=O) groups is 3. The summed E-state index contributed by atoms with van der Waals surface area (Å²) in [6.07, 6.45) is 0.887. The lowest BCUT2D eigenvalue weighted by molar-refractivity contribution is -0.120. The molecule has 0 radical (unpaired) electrons. The molecule has 0 bridgehead atoms. The maximum atomic E-state index is 12.9. The molecule has 0 saturated carbocycles. The zero-order valence-corrected chi connectivity index (χ0v) is 14.6. The van der Waals surface area contributed by atoms with Gasteiger partial charge in [0, 0.05) is 13.0 Å². The average molecular weight is 365 g/mol. The number of amides is 4. The molecule has 2 aromatic rings. The van der Waals surface area contributed by atoms with Crippen molar-refractivity contribution in [1.82, 2.24) is 10.6 Å². The maximum absolute atomic E-state index is 12.9. The van der Waals surface area contributed by atoms with Crippen molar-refractivity contribution in [1.29, 1.82) is 0 Å². The molecule has 7 heteroatoms. The van der Waals surface area contributed by atoms with Crippen molar-refractivity contribution in [2.24, 2.45) is 0 Å². The number of fused-ring (bicyclic) bond motifs is 1. The Morgan fingerprint density at radius 2 is 1.89 bits per heavy atom. The molecule has 4 rings (SSSR count). The Bertz CT molecular complexity index is 912. The van der Waals surface area contributed by atoms with Crippen molar-refractivity contribution in [3.05, 3.63) is 59.7 Å². The number of urea groups is 1. The van der Waals surface area contributed by atoms with Crippen LogP contribution in [0.3, 0.4) is 0 Å². The average Bonchev–Trinajstić information content (AvgIpc) is 2.68. The number of hydrogen-bond acceptors (Lipinski definition) is 4. The summed E-state index contributed by atoms with van der Waals surface area (Å²) in [6.45, 7) is 0.637. The molecule has 2 heterocycles. The van der Waals surface area contributed by atoms with Crippen LogP contribution in [0.15, 0.2) is 48.5 Å². The van der Waals surface area contributed by atoms with E-state index in [0.717, 1.165) is 11.3 Å². The normalized spacial score (nSPS) is 19.0. The summed E-state index contributed by atoms with van der Waals surface area (Å²) >= 11 is 0. The van der Waals surface area contributed by atoms with Gasteiger partial charge in [0.25, 0.3) is 5.91 Å². The molecule has 1 saturated heterocycles. The van der Waals surface area contributed by atoms with E-state index in [1.807, 2.05) is 24.3 Å². The minimum atomic E-state index is -0.513. The smallest absolute Gasteiger partial charge is 0.328 e. The third kappa shape index (κ3) is 3.48. The van der Waals surface area contributed by atoms with Crippen LogP contribution in [-0.2, 0) is 11.2 Å². The van der Waals surface area contributed by atoms with Gasteiger partial charge in [-0.1, -0.05) is 30.3 Å². The first-order valence-corrected chi connectivity index (χ1v) is 8.84.